The van der Waals surface area contributed by atoms with Gasteiger partial charge in [0.2, 0.25) is 0 Å². The first-order chi connectivity index (χ1) is 8.53. The summed E-state index contributed by atoms with van der Waals surface area (Å²) < 4.78 is 0. The monoisotopic (exact) mass is 268 g/mol. The zero-order valence-electron chi connectivity index (χ0n) is 12.3. The predicted molar refractivity (Wildman–Crippen MR) is 82.5 cm³/mol. The molecule has 0 radical (unpaired) electrons. The van der Waals surface area contributed by atoms with Gasteiger partial charge in [-0.25, -0.2) is 0 Å². The van der Waals surface area contributed by atoms with Gasteiger partial charge in [0.15, 0.2) is 0 Å². The Kier molecular flexibility index (Phi) is 6.90. The molecule has 1 heterocycles. The number of nitrogens with zero attached hydrogens (tertiary/aromatic N) is 1. The molecule has 1 aromatic rings. The highest BCUT2D eigenvalue weighted by Gasteiger charge is 2.19. The highest BCUT2D eigenvalue weighted by Crippen LogP contribution is 2.16. The maximum atomic E-state index is 3.53. The first-order valence-electron chi connectivity index (χ1n) is 6.95. The molecule has 18 heavy (non-hydrogen) atoms. The highest BCUT2D eigenvalue weighted by molar-refractivity contribution is 7.09. The summed E-state index contributed by atoms with van der Waals surface area (Å²) in [5.74, 6) is 0. The maximum Gasteiger partial charge on any atom is 0.00579 e. The van der Waals surface area contributed by atoms with E-state index in [4.69, 9.17) is 0 Å². The Labute approximate surface area is 116 Å². The number of likely N-dealkylation sites (N-methyl/N-ethyl adjacent to an activating group) is 1. The molecule has 0 spiro atoms. The highest BCUT2D eigenvalue weighted by atomic mass is 32.1. The number of rotatable bonds is 9. The van der Waals surface area contributed by atoms with Gasteiger partial charge in [0.05, 0.1) is 0 Å². The van der Waals surface area contributed by atoms with E-state index in [9.17, 15) is 0 Å². The summed E-state index contributed by atoms with van der Waals surface area (Å²) in [6.07, 6.45) is 2.39. The van der Waals surface area contributed by atoms with Gasteiger partial charge in [-0.2, -0.15) is 0 Å². The van der Waals surface area contributed by atoms with Crippen LogP contribution < -0.4 is 5.32 Å². The van der Waals surface area contributed by atoms with Crippen LogP contribution in [0.4, 0.5) is 0 Å². The number of nitrogens with one attached hydrogen (secondary N) is 1. The summed E-state index contributed by atoms with van der Waals surface area (Å²) in [6.45, 7) is 11.4. The Morgan fingerprint density at radius 2 is 2.17 bits per heavy atom. The van der Waals surface area contributed by atoms with Crippen LogP contribution in [0.2, 0.25) is 0 Å². The zero-order chi connectivity index (χ0) is 13.4. The van der Waals surface area contributed by atoms with Gasteiger partial charge in [0.25, 0.3) is 0 Å². The van der Waals surface area contributed by atoms with E-state index in [1.807, 2.05) is 11.3 Å². The standard InChI is InChI=1S/C15H28N2S/c1-5-9-16-12-15(2,3)13-17(4)10-8-14-7-6-11-18-14/h6-7,11,16H,5,8-10,12-13H2,1-4H3. The molecule has 1 rings (SSSR count). The number of hydrogen-bond donors (Lipinski definition) is 1. The van der Waals surface area contributed by atoms with Gasteiger partial charge in [0.1, 0.15) is 0 Å². The van der Waals surface area contributed by atoms with Gasteiger partial charge >= 0.3 is 0 Å². The van der Waals surface area contributed by atoms with Crippen LogP contribution in [0.3, 0.4) is 0 Å². The van der Waals surface area contributed by atoms with Crippen molar-refractivity contribution >= 4 is 11.3 Å². The van der Waals surface area contributed by atoms with Crippen molar-refractivity contribution in [3.05, 3.63) is 22.4 Å². The van der Waals surface area contributed by atoms with E-state index in [2.05, 4.69) is 55.5 Å². The van der Waals surface area contributed by atoms with Crippen LogP contribution in [0.1, 0.15) is 32.1 Å². The normalized spacial score (nSPS) is 12.3. The summed E-state index contributed by atoms with van der Waals surface area (Å²) in [4.78, 5) is 3.94. The van der Waals surface area contributed by atoms with Gasteiger partial charge in [-0.3, -0.25) is 0 Å². The van der Waals surface area contributed by atoms with E-state index in [1.54, 1.807) is 0 Å². The molecular weight excluding hydrogens is 240 g/mol. The van der Waals surface area contributed by atoms with Crippen molar-refractivity contribution in [2.24, 2.45) is 5.41 Å². The topological polar surface area (TPSA) is 15.3 Å². The second-order valence-corrected chi connectivity index (χ2v) is 6.94. The van der Waals surface area contributed by atoms with E-state index in [-0.39, 0.29) is 0 Å². The molecule has 0 saturated heterocycles. The Morgan fingerprint density at radius 1 is 1.39 bits per heavy atom. The van der Waals surface area contributed by atoms with Crippen molar-refractivity contribution in [2.75, 3.05) is 33.2 Å². The Morgan fingerprint density at radius 3 is 2.78 bits per heavy atom. The van der Waals surface area contributed by atoms with Gasteiger partial charge < -0.3 is 10.2 Å². The minimum atomic E-state index is 0.347. The SMILES string of the molecule is CCCNCC(C)(C)CN(C)CCc1cccs1. The third kappa shape index (κ3) is 6.53. The lowest BCUT2D eigenvalue weighted by Crippen LogP contribution is -2.39. The molecule has 1 aromatic heterocycles. The smallest absolute Gasteiger partial charge is 0.00579 e. The first kappa shape index (κ1) is 15.7. The minimum Gasteiger partial charge on any atom is -0.316 e. The third-order valence-corrected chi connectivity index (χ3v) is 3.98. The van der Waals surface area contributed by atoms with E-state index in [1.165, 1.54) is 17.7 Å². The van der Waals surface area contributed by atoms with Crippen molar-refractivity contribution < 1.29 is 0 Å². The van der Waals surface area contributed by atoms with Crippen LogP contribution in [-0.2, 0) is 6.42 Å². The molecule has 104 valence electrons. The van der Waals surface area contributed by atoms with Crippen molar-refractivity contribution in [2.45, 2.75) is 33.6 Å². The largest absolute Gasteiger partial charge is 0.316 e. The second kappa shape index (κ2) is 7.93. The fourth-order valence-electron chi connectivity index (χ4n) is 2.23. The summed E-state index contributed by atoms with van der Waals surface area (Å²) in [5.41, 5.74) is 0.347. The van der Waals surface area contributed by atoms with Gasteiger partial charge in [0, 0.05) is 24.5 Å². The van der Waals surface area contributed by atoms with E-state index in [0.717, 1.165) is 26.2 Å². The van der Waals surface area contributed by atoms with E-state index >= 15 is 0 Å². The molecule has 3 heteroatoms. The molecule has 0 atom stereocenters. The van der Waals surface area contributed by atoms with Crippen LogP contribution in [0.25, 0.3) is 0 Å². The molecule has 0 bridgehead atoms. The minimum absolute atomic E-state index is 0.347. The van der Waals surface area contributed by atoms with Crippen LogP contribution in [0, 0.1) is 5.41 Å². The number of thiophene rings is 1. The fourth-order valence-corrected chi connectivity index (χ4v) is 2.92. The molecule has 2 nitrogen and oxygen atoms in total. The molecule has 0 aliphatic carbocycles. The summed E-state index contributed by atoms with van der Waals surface area (Å²) in [5, 5.41) is 5.69. The predicted octanol–water partition coefficient (Wildman–Crippen LogP) is 3.25. The molecule has 0 aliphatic heterocycles. The van der Waals surface area contributed by atoms with Gasteiger partial charge in [-0.15, -0.1) is 11.3 Å². The van der Waals surface area contributed by atoms with Gasteiger partial charge in [-0.05, 0) is 43.3 Å². The Hall–Kier alpha value is -0.380. The summed E-state index contributed by atoms with van der Waals surface area (Å²) >= 11 is 1.86. The molecule has 1 N–H and O–H groups in total. The lowest BCUT2D eigenvalue weighted by Gasteiger charge is -2.30. The first-order valence-corrected chi connectivity index (χ1v) is 7.83. The molecule has 0 fully saturated rings. The van der Waals surface area contributed by atoms with Crippen LogP contribution in [0.5, 0.6) is 0 Å². The lowest BCUT2D eigenvalue weighted by atomic mass is 9.92. The summed E-state index contributed by atoms with van der Waals surface area (Å²) in [6, 6.07) is 4.37. The van der Waals surface area contributed by atoms with E-state index < -0.39 is 0 Å². The van der Waals surface area contributed by atoms with Gasteiger partial charge in [-0.1, -0.05) is 26.8 Å². The molecule has 0 unspecified atom stereocenters. The molecule has 0 amide bonds. The van der Waals surface area contributed by atoms with Crippen LogP contribution >= 0.6 is 11.3 Å². The Balaban J connectivity index is 2.23. The second-order valence-electron chi connectivity index (χ2n) is 5.91. The maximum absolute atomic E-state index is 3.53. The lowest BCUT2D eigenvalue weighted by molar-refractivity contribution is 0.206. The molecular formula is C15H28N2S. The number of hydrogen-bond acceptors (Lipinski definition) is 3. The fraction of sp³-hybridized carbons (Fsp3) is 0.733. The van der Waals surface area contributed by atoms with Crippen LogP contribution in [0.15, 0.2) is 17.5 Å². The van der Waals surface area contributed by atoms with Crippen LogP contribution in [-0.4, -0.2) is 38.1 Å². The van der Waals surface area contributed by atoms with Crippen molar-refractivity contribution in [3.8, 4) is 0 Å². The molecule has 0 saturated carbocycles. The molecule has 0 aliphatic rings. The Bertz CT molecular complexity index is 306. The summed E-state index contributed by atoms with van der Waals surface area (Å²) in [7, 11) is 2.23. The zero-order valence-corrected chi connectivity index (χ0v) is 13.1. The van der Waals surface area contributed by atoms with E-state index in [0.29, 0.717) is 5.41 Å². The third-order valence-electron chi connectivity index (χ3n) is 3.05. The quantitative estimate of drug-likeness (QED) is 0.692. The van der Waals surface area contributed by atoms with Crippen molar-refractivity contribution in [3.63, 3.8) is 0 Å². The van der Waals surface area contributed by atoms with Crippen molar-refractivity contribution in [1.29, 1.82) is 0 Å². The van der Waals surface area contributed by atoms with Crippen molar-refractivity contribution in [1.82, 2.24) is 10.2 Å². The molecule has 0 aromatic carbocycles. The average Bonchev–Trinajstić information content (AvgIpc) is 2.78. The average molecular weight is 268 g/mol.